The Labute approximate surface area is 218 Å². The zero-order valence-corrected chi connectivity index (χ0v) is 21.6. The lowest BCUT2D eigenvalue weighted by Gasteiger charge is -2.15. The predicted molar refractivity (Wildman–Crippen MR) is 133 cm³/mol. The van der Waals surface area contributed by atoms with E-state index in [4.69, 9.17) is 14.2 Å². The van der Waals surface area contributed by atoms with E-state index >= 15 is 0 Å². The minimum Gasteiger partial charge on any atom is -0.493 e. The molecule has 1 N–H and O–H groups in total. The first-order valence-electron chi connectivity index (χ1n) is 10.4. The number of sulfonamides is 1. The Bertz CT molecular complexity index is 1550. The topological polar surface area (TPSA) is 96.0 Å². The second kappa shape index (κ2) is 10.3. The molecule has 13 heteroatoms. The molecule has 1 heterocycles. The number of nitrogens with zero attached hydrogens (tertiary/aromatic N) is 1. The van der Waals surface area contributed by atoms with Gasteiger partial charge in [-0.1, -0.05) is 15.9 Å². The summed E-state index contributed by atoms with van der Waals surface area (Å²) in [5.74, 6) is 0.953. The van der Waals surface area contributed by atoms with Gasteiger partial charge in [0.15, 0.2) is 17.2 Å². The molecule has 0 amide bonds. The highest BCUT2D eigenvalue weighted by Gasteiger charge is 2.34. The molecule has 0 atom stereocenters. The summed E-state index contributed by atoms with van der Waals surface area (Å²) in [6.45, 7) is 0. The summed E-state index contributed by atoms with van der Waals surface area (Å²) >= 11 is 3.01. The molecule has 0 saturated carbocycles. The summed E-state index contributed by atoms with van der Waals surface area (Å²) in [4.78, 5) is 3.63. The molecule has 0 aliphatic rings. The van der Waals surface area contributed by atoms with Gasteiger partial charge in [-0.2, -0.15) is 0 Å². The summed E-state index contributed by atoms with van der Waals surface area (Å²) < 4.78 is 86.9. The Morgan fingerprint density at radius 2 is 1.54 bits per heavy atom. The molecule has 0 aliphatic heterocycles. The number of hydrogen-bond donors (Lipinski definition) is 1. The maximum Gasteiger partial charge on any atom is 0.573 e. The molecule has 4 aromatic rings. The van der Waals surface area contributed by atoms with Gasteiger partial charge in [0.05, 0.1) is 19.7 Å². The van der Waals surface area contributed by atoms with Crippen LogP contribution in [0.25, 0.3) is 10.9 Å². The maximum absolute atomic E-state index is 12.8. The van der Waals surface area contributed by atoms with Crippen LogP contribution in [0.2, 0.25) is 0 Å². The Hall–Kier alpha value is -3.71. The van der Waals surface area contributed by atoms with Crippen molar-refractivity contribution < 1.29 is 40.5 Å². The van der Waals surface area contributed by atoms with Crippen molar-refractivity contribution in [3.63, 3.8) is 0 Å². The van der Waals surface area contributed by atoms with E-state index in [0.717, 1.165) is 12.1 Å². The first-order valence-corrected chi connectivity index (χ1v) is 12.6. The highest BCUT2D eigenvalue weighted by atomic mass is 79.9. The third-order valence-electron chi connectivity index (χ3n) is 4.96. The number of fused-ring (bicyclic) bond motifs is 1. The summed E-state index contributed by atoms with van der Waals surface area (Å²) in [6, 6.07) is 14.1. The van der Waals surface area contributed by atoms with Crippen LogP contribution in [-0.4, -0.2) is 34.0 Å². The largest absolute Gasteiger partial charge is 0.573 e. The number of nitrogens with one attached hydrogen (secondary N) is 1. The standard InChI is InChI=1S/C24H18BrF3N2O6S/c1-33-20-12-17-18(13-21(20)34-2)29-10-9-19(17)35-16-6-4-15(5-7-16)30-37(31,32)23-8-3-14(25)11-22(23)36-24(26,27)28/h3-13,30H,1-2H3. The number of benzene rings is 3. The van der Waals surface area contributed by atoms with Gasteiger partial charge in [0.1, 0.15) is 16.4 Å². The molecule has 3 aromatic carbocycles. The fourth-order valence-electron chi connectivity index (χ4n) is 3.37. The predicted octanol–water partition coefficient (Wildman–Crippen LogP) is 6.51. The number of ether oxygens (including phenoxy) is 4. The molecule has 37 heavy (non-hydrogen) atoms. The van der Waals surface area contributed by atoms with E-state index in [9.17, 15) is 21.6 Å². The number of aromatic nitrogens is 1. The van der Waals surface area contributed by atoms with Gasteiger partial charge < -0.3 is 18.9 Å². The number of halogens is 4. The number of anilines is 1. The van der Waals surface area contributed by atoms with Crippen molar-refractivity contribution >= 4 is 42.5 Å². The van der Waals surface area contributed by atoms with Crippen LogP contribution in [0.3, 0.4) is 0 Å². The van der Waals surface area contributed by atoms with Crippen molar-refractivity contribution in [3.05, 3.63) is 71.3 Å². The lowest BCUT2D eigenvalue weighted by atomic mass is 10.2. The summed E-state index contributed by atoms with van der Waals surface area (Å²) in [5, 5.41) is 0.650. The van der Waals surface area contributed by atoms with Crippen LogP contribution in [0.5, 0.6) is 28.7 Å². The molecule has 1 aromatic heterocycles. The molecule has 194 valence electrons. The highest BCUT2D eigenvalue weighted by Crippen LogP contribution is 2.37. The molecule has 0 radical (unpaired) electrons. The molecule has 0 unspecified atom stereocenters. The van der Waals surface area contributed by atoms with Crippen LogP contribution >= 0.6 is 15.9 Å². The normalized spacial score (nSPS) is 11.7. The van der Waals surface area contributed by atoms with Gasteiger partial charge in [0, 0.05) is 27.8 Å². The van der Waals surface area contributed by atoms with Crippen LogP contribution < -0.4 is 23.7 Å². The zero-order chi connectivity index (χ0) is 26.8. The molecule has 8 nitrogen and oxygen atoms in total. The van der Waals surface area contributed by atoms with E-state index < -0.39 is 27.0 Å². The fraction of sp³-hybridized carbons (Fsp3) is 0.125. The zero-order valence-electron chi connectivity index (χ0n) is 19.2. The smallest absolute Gasteiger partial charge is 0.493 e. The molecular weight excluding hydrogens is 581 g/mol. The molecule has 0 fully saturated rings. The second-order valence-corrected chi connectivity index (χ2v) is 9.97. The van der Waals surface area contributed by atoms with E-state index in [0.29, 0.717) is 33.9 Å². The van der Waals surface area contributed by atoms with Crippen LogP contribution in [0.1, 0.15) is 0 Å². The van der Waals surface area contributed by atoms with E-state index in [-0.39, 0.29) is 10.2 Å². The quantitative estimate of drug-likeness (QED) is 0.247. The van der Waals surface area contributed by atoms with Gasteiger partial charge in [-0.05, 0) is 54.6 Å². The number of alkyl halides is 3. The Kier molecular flexibility index (Phi) is 7.37. The SMILES string of the molecule is COc1cc2nccc(Oc3ccc(NS(=O)(=O)c4ccc(Br)cc4OC(F)(F)F)cc3)c2cc1OC. The van der Waals surface area contributed by atoms with Crippen LogP contribution in [-0.2, 0) is 10.0 Å². The molecular formula is C24H18BrF3N2O6S. The van der Waals surface area contributed by atoms with E-state index in [1.807, 2.05) is 0 Å². The van der Waals surface area contributed by atoms with Gasteiger partial charge in [-0.3, -0.25) is 9.71 Å². The summed E-state index contributed by atoms with van der Waals surface area (Å²) in [7, 11) is -1.40. The lowest BCUT2D eigenvalue weighted by Crippen LogP contribution is -2.21. The number of methoxy groups -OCH3 is 2. The molecule has 0 bridgehead atoms. The van der Waals surface area contributed by atoms with Crippen molar-refractivity contribution in [1.82, 2.24) is 4.98 Å². The number of hydrogen-bond acceptors (Lipinski definition) is 7. The van der Waals surface area contributed by atoms with Crippen molar-refractivity contribution in [1.29, 1.82) is 0 Å². The number of rotatable bonds is 8. The van der Waals surface area contributed by atoms with E-state index in [2.05, 4.69) is 30.4 Å². The average molecular weight is 599 g/mol. The fourth-order valence-corrected chi connectivity index (χ4v) is 4.88. The van der Waals surface area contributed by atoms with Crippen molar-refractivity contribution in [2.45, 2.75) is 11.3 Å². The average Bonchev–Trinajstić information content (AvgIpc) is 2.83. The highest BCUT2D eigenvalue weighted by molar-refractivity contribution is 9.10. The summed E-state index contributed by atoms with van der Waals surface area (Å²) in [5.41, 5.74) is 0.699. The minimum atomic E-state index is -5.07. The Morgan fingerprint density at radius 1 is 0.865 bits per heavy atom. The van der Waals surface area contributed by atoms with Gasteiger partial charge in [-0.15, -0.1) is 13.2 Å². The molecule has 4 rings (SSSR count). The molecule has 0 saturated heterocycles. The number of pyridine rings is 1. The second-order valence-electron chi connectivity index (χ2n) is 7.40. The monoisotopic (exact) mass is 598 g/mol. The van der Waals surface area contributed by atoms with Crippen molar-refractivity contribution in [2.24, 2.45) is 0 Å². The van der Waals surface area contributed by atoms with Crippen molar-refractivity contribution in [2.75, 3.05) is 18.9 Å². The van der Waals surface area contributed by atoms with Crippen LogP contribution in [0.15, 0.2) is 76.2 Å². The third kappa shape index (κ3) is 6.17. The first kappa shape index (κ1) is 26.4. The molecule has 0 aliphatic carbocycles. The Morgan fingerprint density at radius 3 is 2.19 bits per heavy atom. The van der Waals surface area contributed by atoms with Crippen LogP contribution in [0, 0.1) is 0 Å². The minimum absolute atomic E-state index is 0.0965. The van der Waals surface area contributed by atoms with Gasteiger partial charge in [0.25, 0.3) is 10.0 Å². The van der Waals surface area contributed by atoms with E-state index in [1.165, 1.54) is 44.6 Å². The maximum atomic E-state index is 12.8. The van der Waals surface area contributed by atoms with Gasteiger partial charge in [-0.25, -0.2) is 8.42 Å². The van der Waals surface area contributed by atoms with E-state index in [1.54, 1.807) is 24.4 Å². The van der Waals surface area contributed by atoms with Gasteiger partial charge in [0.2, 0.25) is 0 Å². The van der Waals surface area contributed by atoms with Gasteiger partial charge >= 0.3 is 6.36 Å². The van der Waals surface area contributed by atoms with Crippen molar-refractivity contribution in [3.8, 4) is 28.7 Å². The third-order valence-corrected chi connectivity index (χ3v) is 6.88. The Balaban J connectivity index is 1.57. The van der Waals surface area contributed by atoms with Crippen LogP contribution in [0.4, 0.5) is 18.9 Å². The summed E-state index contributed by atoms with van der Waals surface area (Å²) in [6.07, 6.45) is -3.51. The first-order chi connectivity index (χ1) is 17.5. The molecule has 0 spiro atoms. The lowest BCUT2D eigenvalue weighted by molar-refractivity contribution is -0.275.